The molecule has 4 nitrogen and oxygen atoms in total. The van der Waals surface area contributed by atoms with Crippen molar-refractivity contribution in [3.8, 4) is 0 Å². The smallest absolute Gasteiger partial charge is 0.244 e. The molecule has 6 heteroatoms. The highest BCUT2D eigenvalue weighted by atomic mass is 35.5. The van der Waals surface area contributed by atoms with E-state index >= 15 is 0 Å². The van der Waals surface area contributed by atoms with E-state index in [1.807, 2.05) is 6.92 Å². The van der Waals surface area contributed by atoms with Crippen molar-refractivity contribution in [1.29, 1.82) is 0 Å². The summed E-state index contributed by atoms with van der Waals surface area (Å²) in [6.45, 7) is 3.07. The number of aryl methyl sites for hydroxylation is 1. The highest BCUT2D eigenvalue weighted by Gasteiger charge is 2.16. The molecule has 0 aliphatic carbocycles. The Bertz CT molecular complexity index is 732. The van der Waals surface area contributed by atoms with Crippen molar-refractivity contribution in [2.75, 3.05) is 16.8 Å². The SMILES string of the molecule is CC(=O)N(CC(=O)Nc1ccc(F)cc1)c1ccc(C)c(Cl)c1. The van der Waals surface area contributed by atoms with Gasteiger partial charge in [0, 0.05) is 23.3 Å². The Kier molecular flexibility index (Phi) is 5.34. The lowest BCUT2D eigenvalue weighted by atomic mass is 10.2. The maximum atomic E-state index is 12.9. The molecule has 2 aromatic carbocycles. The van der Waals surface area contributed by atoms with Crippen molar-refractivity contribution in [2.24, 2.45) is 0 Å². The Labute approximate surface area is 138 Å². The molecule has 0 unspecified atom stereocenters. The van der Waals surface area contributed by atoms with Crippen LogP contribution in [0.3, 0.4) is 0 Å². The Morgan fingerprint density at radius 3 is 2.39 bits per heavy atom. The lowest BCUT2D eigenvalue weighted by molar-refractivity contribution is -0.120. The zero-order valence-electron chi connectivity index (χ0n) is 12.8. The molecule has 2 rings (SSSR count). The number of nitrogens with zero attached hydrogens (tertiary/aromatic N) is 1. The summed E-state index contributed by atoms with van der Waals surface area (Å²) in [5.74, 6) is -1.05. The molecule has 0 aliphatic heterocycles. The second-order valence-electron chi connectivity index (χ2n) is 5.09. The number of hydrogen-bond donors (Lipinski definition) is 1. The largest absolute Gasteiger partial charge is 0.325 e. The van der Waals surface area contributed by atoms with E-state index in [4.69, 9.17) is 11.6 Å². The number of rotatable bonds is 4. The van der Waals surface area contributed by atoms with Gasteiger partial charge in [-0.25, -0.2) is 4.39 Å². The molecule has 0 saturated carbocycles. The predicted octanol–water partition coefficient (Wildman–Crippen LogP) is 3.78. The minimum absolute atomic E-state index is 0.161. The summed E-state index contributed by atoms with van der Waals surface area (Å²) in [4.78, 5) is 25.3. The van der Waals surface area contributed by atoms with Crippen molar-refractivity contribution in [2.45, 2.75) is 13.8 Å². The first-order chi connectivity index (χ1) is 10.9. The number of anilines is 2. The van der Waals surface area contributed by atoms with Gasteiger partial charge < -0.3 is 10.2 Å². The standard InChI is InChI=1S/C17H16ClFN2O2/c1-11-3-8-15(9-16(11)18)21(12(2)22)10-17(23)20-14-6-4-13(19)5-7-14/h3-9H,10H2,1-2H3,(H,20,23). The molecule has 0 aromatic heterocycles. The van der Waals surface area contributed by atoms with E-state index in [0.29, 0.717) is 16.4 Å². The van der Waals surface area contributed by atoms with Gasteiger partial charge in [0.05, 0.1) is 0 Å². The van der Waals surface area contributed by atoms with Crippen LogP contribution < -0.4 is 10.2 Å². The van der Waals surface area contributed by atoms with E-state index < -0.39 is 0 Å². The maximum absolute atomic E-state index is 12.9. The number of amides is 2. The fourth-order valence-corrected chi connectivity index (χ4v) is 2.19. The van der Waals surface area contributed by atoms with Crippen LogP contribution >= 0.6 is 11.6 Å². The lowest BCUT2D eigenvalue weighted by Gasteiger charge is -2.21. The quantitative estimate of drug-likeness (QED) is 0.925. The summed E-state index contributed by atoms with van der Waals surface area (Å²) in [6, 6.07) is 10.6. The summed E-state index contributed by atoms with van der Waals surface area (Å²) in [5.41, 5.74) is 1.89. The van der Waals surface area contributed by atoms with Crippen LogP contribution in [0.5, 0.6) is 0 Å². The molecule has 23 heavy (non-hydrogen) atoms. The van der Waals surface area contributed by atoms with Gasteiger partial charge in [-0.3, -0.25) is 9.59 Å². The van der Waals surface area contributed by atoms with Crippen LogP contribution in [0, 0.1) is 12.7 Å². The third-order valence-corrected chi connectivity index (χ3v) is 3.68. The van der Waals surface area contributed by atoms with E-state index in [-0.39, 0.29) is 24.2 Å². The van der Waals surface area contributed by atoms with E-state index in [2.05, 4.69) is 5.32 Å². The van der Waals surface area contributed by atoms with E-state index in [1.165, 1.54) is 36.1 Å². The summed E-state index contributed by atoms with van der Waals surface area (Å²) in [7, 11) is 0. The minimum Gasteiger partial charge on any atom is -0.325 e. The van der Waals surface area contributed by atoms with Crippen LogP contribution in [0.2, 0.25) is 5.02 Å². The molecule has 0 atom stereocenters. The molecule has 0 spiro atoms. The molecule has 0 aliphatic rings. The van der Waals surface area contributed by atoms with E-state index in [0.717, 1.165) is 5.56 Å². The van der Waals surface area contributed by atoms with Gasteiger partial charge in [-0.15, -0.1) is 0 Å². The fourth-order valence-electron chi connectivity index (χ4n) is 2.01. The van der Waals surface area contributed by atoms with Gasteiger partial charge in [0.2, 0.25) is 11.8 Å². The lowest BCUT2D eigenvalue weighted by Crippen LogP contribution is -2.36. The van der Waals surface area contributed by atoms with Crippen molar-refractivity contribution < 1.29 is 14.0 Å². The molecule has 0 fully saturated rings. The molecule has 0 saturated heterocycles. The second-order valence-corrected chi connectivity index (χ2v) is 5.50. The first kappa shape index (κ1) is 17.0. The van der Waals surface area contributed by atoms with Crippen molar-refractivity contribution in [1.82, 2.24) is 0 Å². The molecule has 0 radical (unpaired) electrons. The molecule has 0 heterocycles. The number of carbonyl (C=O) groups excluding carboxylic acids is 2. The Balaban J connectivity index is 2.12. The summed E-state index contributed by atoms with van der Waals surface area (Å²) >= 11 is 6.07. The molecular weight excluding hydrogens is 319 g/mol. The zero-order chi connectivity index (χ0) is 17.0. The van der Waals surface area contributed by atoms with Crippen molar-refractivity contribution >= 4 is 34.8 Å². The molecule has 2 aromatic rings. The van der Waals surface area contributed by atoms with Crippen LogP contribution in [0.4, 0.5) is 15.8 Å². The number of carbonyl (C=O) groups is 2. The summed E-state index contributed by atoms with van der Waals surface area (Å²) in [5, 5.41) is 3.14. The van der Waals surface area contributed by atoms with Gasteiger partial charge in [0.15, 0.2) is 0 Å². The molecule has 2 amide bonds. The van der Waals surface area contributed by atoms with Crippen LogP contribution in [0.15, 0.2) is 42.5 Å². The predicted molar refractivity (Wildman–Crippen MR) is 89.2 cm³/mol. The van der Waals surface area contributed by atoms with Crippen LogP contribution in [-0.4, -0.2) is 18.4 Å². The molecule has 0 bridgehead atoms. The summed E-state index contributed by atoms with van der Waals surface area (Å²) < 4.78 is 12.9. The van der Waals surface area contributed by atoms with Crippen molar-refractivity contribution in [3.05, 3.63) is 58.9 Å². The highest BCUT2D eigenvalue weighted by Crippen LogP contribution is 2.23. The number of nitrogens with one attached hydrogen (secondary N) is 1. The Hall–Kier alpha value is -2.40. The number of benzene rings is 2. The van der Waals surface area contributed by atoms with Crippen LogP contribution in [0.1, 0.15) is 12.5 Å². The summed E-state index contributed by atoms with van der Waals surface area (Å²) in [6.07, 6.45) is 0. The molecule has 120 valence electrons. The monoisotopic (exact) mass is 334 g/mol. The third kappa shape index (κ3) is 4.53. The minimum atomic E-state index is -0.386. The Morgan fingerprint density at radius 2 is 1.83 bits per heavy atom. The average Bonchev–Trinajstić information content (AvgIpc) is 2.50. The third-order valence-electron chi connectivity index (χ3n) is 3.28. The first-order valence-corrected chi connectivity index (χ1v) is 7.34. The van der Waals surface area contributed by atoms with E-state index in [9.17, 15) is 14.0 Å². The van der Waals surface area contributed by atoms with E-state index in [1.54, 1.807) is 18.2 Å². The van der Waals surface area contributed by atoms with Gasteiger partial charge >= 0.3 is 0 Å². The number of hydrogen-bond acceptors (Lipinski definition) is 2. The Morgan fingerprint density at radius 1 is 1.17 bits per heavy atom. The van der Waals surface area contributed by atoms with Crippen molar-refractivity contribution in [3.63, 3.8) is 0 Å². The fraction of sp³-hybridized carbons (Fsp3) is 0.176. The average molecular weight is 335 g/mol. The topological polar surface area (TPSA) is 49.4 Å². The number of halogens is 2. The van der Waals surface area contributed by atoms with Gasteiger partial charge in [0.25, 0.3) is 0 Å². The van der Waals surface area contributed by atoms with Gasteiger partial charge in [-0.05, 0) is 48.9 Å². The molecule has 1 N–H and O–H groups in total. The van der Waals surface area contributed by atoms with Crippen LogP contribution in [0.25, 0.3) is 0 Å². The highest BCUT2D eigenvalue weighted by molar-refractivity contribution is 6.31. The zero-order valence-corrected chi connectivity index (χ0v) is 13.5. The first-order valence-electron chi connectivity index (χ1n) is 6.96. The van der Waals surface area contributed by atoms with Gasteiger partial charge in [-0.1, -0.05) is 17.7 Å². The van der Waals surface area contributed by atoms with Crippen LogP contribution in [-0.2, 0) is 9.59 Å². The second kappa shape index (κ2) is 7.24. The molecular formula is C17H16ClFN2O2. The normalized spacial score (nSPS) is 10.3. The van der Waals surface area contributed by atoms with Gasteiger partial charge in [-0.2, -0.15) is 0 Å². The maximum Gasteiger partial charge on any atom is 0.244 e. The van der Waals surface area contributed by atoms with Gasteiger partial charge in [0.1, 0.15) is 12.4 Å².